The van der Waals surface area contributed by atoms with Crippen molar-refractivity contribution in [1.29, 1.82) is 0 Å². The van der Waals surface area contributed by atoms with Gasteiger partial charge < -0.3 is 9.64 Å². The molecule has 1 atom stereocenters. The SMILES string of the molecule is CCn1c(=O)sc2cc(S(=O)(=O)N3CCN(C(=O)C(C)Oc4ccccc4)CC3)ccc21. The van der Waals surface area contributed by atoms with Crippen molar-refractivity contribution in [2.24, 2.45) is 0 Å². The van der Waals surface area contributed by atoms with Crippen LogP contribution in [0, 0.1) is 0 Å². The number of ether oxygens (including phenoxy) is 1. The lowest BCUT2D eigenvalue weighted by molar-refractivity contribution is -0.139. The third-order valence-corrected chi connectivity index (χ3v) is 8.38. The molecule has 10 heteroatoms. The molecular weight excluding hydrogens is 450 g/mol. The van der Waals surface area contributed by atoms with E-state index < -0.39 is 16.1 Å². The van der Waals surface area contributed by atoms with E-state index in [0.29, 0.717) is 30.1 Å². The second kappa shape index (κ2) is 9.05. The predicted molar refractivity (Wildman–Crippen MR) is 124 cm³/mol. The standard InChI is InChI=1S/C22H25N3O5S2/c1-3-25-19-10-9-18(15-20(19)31-22(25)27)32(28,29)24-13-11-23(12-14-24)21(26)16(2)30-17-7-5-4-6-8-17/h4-10,15-16H,3,11-14H2,1-2H3. The molecule has 8 nitrogen and oxygen atoms in total. The fourth-order valence-electron chi connectivity index (χ4n) is 3.82. The van der Waals surface area contributed by atoms with Crippen LogP contribution < -0.4 is 9.61 Å². The van der Waals surface area contributed by atoms with Crippen LogP contribution in [0.3, 0.4) is 0 Å². The molecule has 2 heterocycles. The van der Waals surface area contributed by atoms with Gasteiger partial charge in [-0.2, -0.15) is 4.31 Å². The summed E-state index contributed by atoms with van der Waals surface area (Å²) in [4.78, 5) is 26.5. The van der Waals surface area contributed by atoms with Gasteiger partial charge in [0.25, 0.3) is 5.91 Å². The molecule has 0 spiro atoms. The monoisotopic (exact) mass is 475 g/mol. The number of amides is 1. The zero-order valence-corrected chi connectivity index (χ0v) is 19.6. The largest absolute Gasteiger partial charge is 0.481 e. The van der Waals surface area contributed by atoms with Gasteiger partial charge in [0, 0.05) is 32.7 Å². The van der Waals surface area contributed by atoms with Gasteiger partial charge in [-0.1, -0.05) is 29.5 Å². The predicted octanol–water partition coefficient (Wildman–Crippen LogP) is 2.38. The van der Waals surface area contributed by atoms with Crippen LogP contribution in [0.2, 0.25) is 0 Å². The Bertz CT molecular complexity index is 1280. The topological polar surface area (TPSA) is 88.9 Å². The van der Waals surface area contributed by atoms with Crippen molar-refractivity contribution in [3.05, 3.63) is 58.2 Å². The number of rotatable bonds is 6. The molecule has 0 bridgehead atoms. The molecule has 1 aliphatic heterocycles. The highest BCUT2D eigenvalue weighted by Crippen LogP contribution is 2.25. The average molecular weight is 476 g/mol. The number of fused-ring (bicyclic) bond motifs is 1. The van der Waals surface area contributed by atoms with Crippen molar-refractivity contribution in [2.45, 2.75) is 31.4 Å². The molecule has 1 aliphatic rings. The number of thiazole rings is 1. The van der Waals surface area contributed by atoms with E-state index in [2.05, 4.69) is 0 Å². The molecule has 1 aromatic heterocycles. The highest BCUT2D eigenvalue weighted by Gasteiger charge is 2.32. The molecule has 0 N–H and O–H groups in total. The zero-order valence-electron chi connectivity index (χ0n) is 17.9. The van der Waals surface area contributed by atoms with Crippen molar-refractivity contribution in [1.82, 2.24) is 13.8 Å². The molecule has 4 rings (SSSR count). The van der Waals surface area contributed by atoms with E-state index in [1.165, 1.54) is 4.31 Å². The van der Waals surface area contributed by atoms with E-state index in [0.717, 1.165) is 16.9 Å². The summed E-state index contributed by atoms with van der Waals surface area (Å²) in [5, 5.41) is 0. The van der Waals surface area contributed by atoms with Crippen LogP contribution in [0.5, 0.6) is 5.75 Å². The smallest absolute Gasteiger partial charge is 0.308 e. The van der Waals surface area contributed by atoms with Crippen molar-refractivity contribution in [3.8, 4) is 5.75 Å². The van der Waals surface area contributed by atoms with Crippen molar-refractivity contribution >= 4 is 37.5 Å². The number of nitrogens with zero attached hydrogens (tertiary/aromatic N) is 3. The van der Waals surface area contributed by atoms with Gasteiger partial charge in [-0.25, -0.2) is 8.42 Å². The van der Waals surface area contributed by atoms with Crippen LogP contribution in [0.25, 0.3) is 10.2 Å². The normalized spacial score (nSPS) is 16.2. The molecule has 1 fully saturated rings. The van der Waals surface area contributed by atoms with Crippen LogP contribution >= 0.6 is 11.3 Å². The molecule has 0 saturated carbocycles. The third kappa shape index (κ3) is 4.30. The molecule has 2 aromatic carbocycles. The van der Waals surface area contributed by atoms with Crippen LogP contribution in [-0.4, -0.2) is 60.4 Å². The summed E-state index contributed by atoms with van der Waals surface area (Å²) in [6.45, 7) is 5.11. The summed E-state index contributed by atoms with van der Waals surface area (Å²) in [5.41, 5.74) is 0.740. The lowest BCUT2D eigenvalue weighted by Gasteiger charge is -2.35. The van der Waals surface area contributed by atoms with Gasteiger partial charge in [-0.05, 0) is 44.2 Å². The van der Waals surface area contributed by atoms with Gasteiger partial charge >= 0.3 is 4.87 Å². The first-order chi connectivity index (χ1) is 15.3. The minimum absolute atomic E-state index is 0.101. The van der Waals surface area contributed by atoms with E-state index in [9.17, 15) is 18.0 Å². The number of benzene rings is 2. The van der Waals surface area contributed by atoms with Crippen molar-refractivity contribution in [2.75, 3.05) is 26.2 Å². The van der Waals surface area contributed by atoms with Gasteiger partial charge in [0.05, 0.1) is 15.1 Å². The van der Waals surface area contributed by atoms with Crippen LogP contribution in [0.4, 0.5) is 0 Å². The minimum atomic E-state index is -3.72. The first kappa shape index (κ1) is 22.5. The van der Waals surface area contributed by atoms with Gasteiger partial charge in [0.15, 0.2) is 6.10 Å². The van der Waals surface area contributed by atoms with E-state index in [4.69, 9.17) is 4.74 Å². The highest BCUT2D eigenvalue weighted by molar-refractivity contribution is 7.89. The van der Waals surface area contributed by atoms with E-state index >= 15 is 0 Å². The lowest BCUT2D eigenvalue weighted by Crippen LogP contribution is -2.53. The Morgan fingerprint density at radius 1 is 1.09 bits per heavy atom. The fraction of sp³-hybridized carbons (Fsp3) is 0.364. The lowest BCUT2D eigenvalue weighted by atomic mass is 10.3. The number of aryl methyl sites for hydroxylation is 1. The molecule has 32 heavy (non-hydrogen) atoms. The summed E-state index contributed by atoms with van der Waals surface area (Å²) in [7, 11) is -3.72. The first-order valence-corrected chi connectivity index (χ1v) is 12.7. The Hall–Kier alpha value is -2.69. The number of aromatic nitrogens is 1. The number of sulfonamides is 1. The minimum Gasteiger partial charge on any atom is -0.481 e. The van der Waals surface area contributed by atoms with Gasteiger partial charge in [-0.15, -0.1) is 0 Å². The molecule has 1 saturated heterocycles. The molecule has 3 aromatic rings. The fourth-order valence-corrected chi connectivity index (χ4v) is 6.33. The Kier molecular flexibility index (Phi) is 6.36. The molecule has 0 aliphatic carbocycles. The molecule has 0 radical (unpaired) electrons. The highest BCUT2D eigenvalue weighted by atomic mass is 32.2. The Balaban J connectivity index is 1.43. The number of para-hydroxylation sites is 1. The first-order valence-electron chi connectivity index (χ1n) is 10.5. The maximum absolute atomic E-state index is 13.2. The zero-order chi connectivity index (χ0) is 22.9. The maximum Gasteiger partial charge on any atom is 0.308 e. The molecule has 170 valence electrons. The summed E-state index contributed by atoms with van der Waals surface area (Å²) >= 11 is 1.05. The second-order valence-electron chi connectivity index (χ2n) is 7.54. The maximum atomic E-state index is 13.2. The van der Waals surface area contributed by atoms with E-state index in [-0.39, 0.29) is 28.8 Å². The van der Waals surface area contributed by atoms with Gasteiger partial charge in [-0.3, -0.25) is 14.2 Å². The number of carbonyl (C=O) groups is 1. The Labute approximate surface area is 190 Å². The number of hydrogen-bond donors (Lipinski definition) is 0. The Morgan fingerprint density at radius 3 is 2.44 bits per heavy atom. The van der Waals surface area contributed by atoms with Crippen LogP contribution in [-0.2, 0) is 21.4 Å². The number of hydrogen-bond acceptors (Lipinski definition) is 6. The second-order valence-corrected chi connectivity index (χ2v) is 10.5. The molecular formula is C22H25N3O5S2. The molecule has 1 amide bonds. The van der Waals surface area contributed by atoms with E-state index in [1.807, 2.05) is 25.1 Å². The summed E-state index contributed by atoms with van der Waals surface area (Å²) in [6, 6.07) is 13.9. The van der Waals surface area contributed by atoms with Crippen LogP contribution in [0.15, 0.2) is 58.2 Å². The van der Waals surface area contributed by atoms with Crippen molar-refractivity contribution in [3.63, 3.8) is 0 Å². The molecule has 1 unspecified atom stereocenters. The van der Waals surface area contributed by atoms with Gasteiger partial charge in [0.1, 0.15) is 5.75 Å². The number of carbonyl (C=O) groups excluding carboxylic acids is 1. The summed E-state index contributed by atoms with van der Waals surface area (Å²) < 4.78 is 35.7. The number of piperazine rings is 1. The average Bonchev–Trinajstić information content (AvgIpc) is 3.13. The van der Waals surface area contributed by atoms with E-state index in [1.54, 1.807) is 46.7 Å². The summed E-state index contributed by atoms with van der Waals surface area (Å²) in [5.74, 6) is 0.446. The van der Waals surface area contributed by atoms with Gasteiger partial charge in [0.2, 0.25) is 10.0 Å². The van der Waals surface area contributed by atoms with Crippen molar-refractivity contribution < 1.29 is 17.9 Å². The van der Waals surface area contributed by atoms with Crippen LogP contribution in [0.1, 0.15) is 13.8 Å². The quantitative estimate of drug-likeness (QED) is 0.546. The third-order valence-electron chi connectivity index (χ3n) is 5.55. The summed E-state index contributed by atoms with van der Waals surface area (Å²) in [6.07, 6.45) is -0.659. The Morgan fingerprint density at radius 2 is 1.78 bits per heavy atom.